The molecule has 1 atom stereocenters. The second kappa shape index (κ2) is 13.1. The largest absolute Gasteiger partial charge is 0.494 e. The summed E-state index contributed by atoms with van der Waals surface area (Å²) in [4.78, 5) is 25.0. The van der Waals surface area contributed by atoms with Crippen LogP contribution in [0.3, 0.4) is 0 Å². The first-order valence-electron chi connectivity index (χ1n) is 10.9. The SMILES string of the molecule is CCCOc1ccc(C(=O)Oc2ccc(Br)cc2/C=N\NC(=O)[C@@H](C)Oc2ccc(Br)cc2)cc1. The number of hydrazone groups is 1. The minimum atomic E-state index is -0.766. The topological polar surface area (TPSA) is 86.2 Å². The molecular formula is C26H24Br2N2O5. The van der Waals surface area contributed by atoms with E-state index in [1.807, 2.05) is 19.1 Å². The van der Waals surface area contributed by atoms with E-state index in [2.05, 4.69) is 42.4 Å². The third-order valence-corrected chi connectivity index (χ3v) is 5.63. The number of halogens is 2. The second-order valence-corrected chi connectivity index (χ2v) is 9.22. The summed E-state index contributed by atoms with van der Waals surface area (Å²) >= 11 is 6.75. The average Bonchev–Trinajstić information content (AvgIpc) is 2.85. The summed E-state index contributed by atoms with van der Waals surface area (Å²) in [7, 11) is 0. The number of amides is 1. The molecule has 0 saturated carbocycles. The fourth-order valence-electron chi connectivity index (χ4n) is 2.81. The molecule has 0 fully saturated rings. The van der Waals surface area contributed by atoms with E-state index in [1.165, 1.54) is 6.21 Å². The normalized spacial score (nSPS) is 11.7. The van der Waals surface area contributed by atoms with Crippen LogP contribution in [0.25, 0.3) is 0 Å². The molecule has 0 spiro atoms. The summed E-state index contributed by atoms with van der Waals surface area (Å²) in [6.07, 6.45) is 1.53. The first kappa shape index (κ1) is 26.4. The van der Waals surface area contributed by atoms with Gasteiger partial charge in [-0.15, -0.1) is 0 Å². The van der Waals surface area contributed by atoms with Crippen molar-refractivity contribution in [3.8, 4) is 17.2 Å². The molecule has 0 bridgehead atoms. The van der Waals surface area contributed by atoms with Crippen LogP contribution in [0.2, 0.25) is 0 Å². The summed E-state index contributed by atoms with van der Waals surface area (Å²) in [5.41, 5.74) is 3.32. The summed E-state index contributed by atoms with van der Waals surface area (Å²) in [5, 5.41) is 4.00. The van der Waals surface area contributed by atoms with Crippen LogP contribution < -0.4 is 19.6 Å². The number of rotatable bonds is 10. The summed E-state index contributed by atoms with van der Waals surface area (Å²) < 4.78 is 18.4. The van der Waals surface area contributed by atoms with E-state index in [1.54, 1.807) is 61.5 Å². The average molecular weight is 604 g/mol. The van der Waals surface area contributed by atoms with Crippen LogP contribution in [0.4, 0.5) is 0 Å². The number of esters is 1. The minimum absolute atomic E-state index is 0.293. The number of carbonyl (C=O) groups is 2. The van der Waals surface area contributed by atoms with Gasteiger partial charge in [-0.2, -0.15) is 5.10 Å². The van der Waals surface area contributed by atoms with E-state index >= 15 is 0 Å². The Hall–Kier alpha value is -3.17. The molecule has 3 rings (SSSR count). The van der Waals surface area contributed by atoms with E-state index in [9.17, 15) is 9.59 Å². The van der Waals surface area contributed by atoms with Gasteiger partial charge in [0.2, 0.25) is 0 Å². The molecule has 0 aliphatic rings. The predicted molar refractivity (Wildman–Crippen MR) is 141 cm³/mol. The molecule has 1 amide bonds. The number of carbonyl (C=O) groups excluding carboxylic acids is 2. The molecule has 0 aliphatic carbocycles. The van der Waals surface area contributed by atoms with E-state index in [-0.39, 0.29) is 0 Å². The standard InChI is InChI=1S/C26H24Br2N2O5/c1-3-14-33-22-9-4-18(5-10-22)26(32)35-24-13-8-21(28)15-19(24)16-29-30-25(31)17(2)34-23-11-6-20(27)7-12-23/h4-13,15-17H,3,14H2,1-2H3,(H,30,31)/b29-16-/t17-/m1/s1. The number of benzene rings is 3. The Morgan fingerprint density at radius 3 is 2.31 bits per heavy atom. The molecule has 1 N–H and O–H groups in total. The number of hydrogen-bond donors (Lipinski definition) is 1. The van der Waals surface area contributed by atoms with E-state index in [0.717, 1.165) is 15.4 Å². The van der Waals surface area contributed by atoms with Crippen LogP contribution >= 0.6 is 31.9 Å². The summed E-state index contributed by atoms with van der Waals surface area (Å²) in [6, 6.07) is 19.0. The smallest absolute Gasteiger partial charge is 0.343 e. The zero-order valence-electron chi connectivity index (χ0n) is 19.2. The molecule has 7 nitrogen and oxygen atoms in total. The van der Waals surface area contributed by atoms with Crippen molar-refractivity contribution in [1.29, 1.82) is 0 Å². The Kier molecular flexibility index (Phi) is 9.86. The number of hydrogen-bond acceptors (Lipinski definition) is 6. The monoisotopic (exact) mass is 602 g/mol. The Morgan fingerprint density at radius 1 is 0.971 bits per heavy atom. The first-order valence-corrected chi connectivity index (χ1v) is 12.4. The van der Waals surface area contributed by atoms with Gasteiger partial charge < -0.3 is 14.2 Å². The van der Waals surface area contributed by atoms with Gasteiger partial charge in [-0.1, -0.05) is 38.8 Å². The van der Waals surface area contributed by atoms with Crippen molar-refractivity contribution in [2.45, 2.75) is 26.4 Å². The maximum atomic E-state index is 12.6. The van der Waals surface area contributed by atoms with Gasteiger partial charge in [0.15, 0.2) is 6.10 Å². The lowest BCUT2D eigenvalue weighted by Gasteiger charge is -2.13. The Labute approximate surface area is 220 Å². The zero-order chi connectivity index (χ0) is 25.2. The van der Waals surface area contributed by atoms with E-state index in [0.29, 0.717) is 35.0 Å². The molecular weight excluding hydrogens is 580 g/mol. The van der Waals surface area contributed by atoms with Gasteiger partial charge in [-0.05, 0) is 80.1 Å². The van der Waals surface area contributed by atoms with Gasteiger partial charge >= 0.3 is 5.97 Å². The van der Waals surface area contributed by atoms with Gasteiger partial charge in [0, 0.05) is 14.5 Å². The van der Waals surface area contributed by atoms with Crippen LogP contribution in [0.15, 0.2) is 80.8 Å². The van der Waals surface area contributed by atoms with Gasteiger partial charge in [0.1, 0.15) is 17.2 Å². The van der Waals surface area contributed by atoms with Crippen molar-refractivity contribution in [2.75, 3.05) is 6.61 Å². The van der Waals surface area contributed by atoms with Crippen LogP contribution in [-0.2, 0) is 4.79 Å². The maximum absolute atomic E-state index is 12.6. The molecule has 0 aliphatic heterocycles. The van der Waals surface area contributed by atoms with Crippen molar-refractivity contribution < 1.29 is 23.8 Å². The molecule has 0 aromatic heterocycles. The van der Waals surface area contributed by atoms with Crippen molar-refractivity contribution in [2.24, 2.45) is 5.10 Å². The van der Waals surface area contributed by atoms with Gasteiger partial charge in [0.25, 0.3) is 5.91 Å². The number of nitrogens with one attached hydrogen (secondary N) is 1. The van der Waals surface area contributed by atoms with Gasteiger partial charge in [0.05, 0.1) is 18.4 Å². The molecule has 3 aromatic carbocycles. The number of ether oxygens (including phenoxy) is 3. The molecule has 0 unspecified atom stereocenters. The van der Waals surface area contributed by atoms with Crippen molar-refractivity contribution in [3.05, 3.63) is 86.8 Å². The maximum Gasteiger partial charge on any atom is 0.343 e. The molecule has 9 heteroatoms. The predicted octanol–water partition coefficient (Wildman–Crippen LogP) is 6.14. The van der Waals surface area contributed by atoms with Gasteiger partial charge in [-0.25, -0.2) is 10.2 Å². The highest BCUT2D eigenvalue weighted by Gasteiger charge is 2.15. The fraction of sp³-hybridized carbons (Fsp3) is 0.192. The fourth-order valence-corrected chi connectivity index (χ4v) is 3.45. The van der Waals surface area contributed by atoms with Crippen molar-refractivity contribution >= 4 is 50.0 Å². The van der Waals surface area contributed by atoms with Crippen molar-refractivity contribution in [1.82, 2.24) is 5.43 Å². The zero-order valence-corrected chi connectivity index (χ0v) is 22.3. The van der Waals surface area contributed by atoms with Crippen molar-refractivity contribution in [3.63, 3.8) is 0 Å². The highest BCUT2D eigenvalue weighted by molar-refractivity contribution is 9.10. The molecule has 0 radical (unpaired) electrons. The lowest BCUT2D eigenvalue weighted by Crippen LogP contribution is -2.33. The lowest BCUT2D eigenvalue weighted by atomic mass is 10.2. The Balaban J connectivity index is 1.62. The molecule has 0 saturated heterocycles. The lowest BCUT2D eigenvalue weighted by molar-refractivity contribution is -0.127. The summed E-state index contributed by atoms with van der Waals surface area (Å²) in [5.74, 6) is 0.592. The van der Waals surface area contributed by atoms with Crippen LogP contribution in [-0.4, -0.2) is 30.8 Å². The second-order valence-electron chi connectivity index (χ2n) is 7.39. The van der Waals surface area contributed by atoms with Crippen LogP contribution in [0.5, 0.6) is 17.2 Å². The van der Waals surface area contributed by atoms with E-state index < -0.39 is 18.0 Å². The molecule has 182 valence electrons. The number of nitrogens with zero attached hydrogens (tertiary/aromatic N) is 1. The summed E-state index contributed by atoms with van der Waals surface area (Å²) in [6.45, 7) is 4.25. The highest BCUT2D eigenvalue weighted by atomic mass is 79.9. The minimum Gasteiger partial charge on any atom is -0.494 e. The van der Waals surface area contributed by atoms with E-state index in [4.69, 9.17) is 14.2 Å². The third-order valence-electron chi connectivity index (χ3n) is 4.61. The van der Waals surface area contributed by atoms with Crippen LogP contribution in [0, 0.1) is 0 Å². The molecule has 35 heavy (non-hydrogen) atoms. The molecule has 3 aromatic rings. The molecule has 0 heterocycles. The highest BCUT2D eigenvalue weighted by Crippen LogP contribution is 2.23. The quantitative estimate of drug-likeness (QED) is 0.130. The van der Waals surface area contributed by atoms with Gasteiger partial charge in [-0.3, -0.25) is 4.79 Å². The first-order chi connectivity index (χ1) is 16.9. The Morgan fingerprint density at radius 2 is 1.63 bits per heavy atom. The third kappa shape index (κ3) is 8.22. The Bertz CT molecular complexity index is 1180. The van der Waals surface area contributed by atoms with Crippen LogP contribution in [0.1, 0.15) is 36.2 Å².